The zero-order valence-electron chi connectivity index (χ0n) is 10.9. The molecule has 3 N–H and O–H groups in total. The summed E-state index contributed by atoms with van der Waals surface area (Å²) in [4.78, 5) is 22.5. The van der Waals surface area contributed by atoms with Crippen LogP contribution in [0.5, 0.6) is 5.75 Å². The number of hydrogen-bond donors (Lipinski definition) is 2. The molecular formula is C14H14N2O4. The maximum Gasteiger partial charge on any atom is 0.259 e. The molecule has 0 atom stereocenters. The molecule has 104 valence electrons. The van der Waals surface area contributed by atoms with Crippen molar-refractivity contribution in [3.63, 3.8) is 0 Å². The van der Waals surface area contributed by atoms with Crippen molar-refractivity contribution in [3.05, 3.63) is 47.9 Å². The maximum atomic E-state index is 11.9. The van der Waals surface area contributed by atoms with Gasteiger partial charge in [-0.25, -0.2) is 0 Å². The molecule has 2 rings (SSSR count). The Kier molecular flexibility index (Phi) is 4.05. The lowest BCUT2D eigenvalue weighted by atomic mass is 10.2. The van der Waals surface area contributed by atoms with Gasteiger partial charge in [0, 0.05) is 5.69 Å². The lowest BCUT2D eigenvalue weighted by molar-refractivity contribution is -0.119. The van der Waals surface area contributed by atoms with Crippen LogP contribution in [-0.4, -0.2) is 18.4 Å². The van der Waals surface area contributed by atoms with Gasteiger partial charge in [-0.05, 0) is 37.3 Å². The average molecular weight is 274 g/mol. The van der Waals surface area contributed by atoms with E-state index in [0.29, 0.717) is 22.8 Å². The molecule has 0 aliphatic heterocycles. The molecule has 0 radical (unpaired) electrons. The number of carbonyl (C=O) groups is 2. The average Bonchev–Trinajstić information content (AvgIpc) is 2.84. The minimum atomic E-state index is -0.544. The number of carbonyl (C=O) groups excluding carboxylic acids is 2. The Bertz CT molecular complexity index is 616. The number of rotatable bonds is 5. The molecule has 6 nitrogen and oxygen atoms in total. The SMILES string of the molecule is Cc1occc1C(=O)Nc1ccc(OCC(N)=O)cc1. The van der Waals surface area contributed by atoms with E-state index in [1.165, 1.54) is 6.26 Å². The van der Waals surface area contributed by atoms with E-state index in [2.05, 4.69) is 5.32 Å². The molecule has 1 aromatic heterocycles. The molecular weight excluding hydrogens is 260 g/mol. The largest absolute Gasteiger partial charge is 0.484 e. The van der Waals surface area contributed by atoms with Crippen LogP contribution in [0.4, 0.5) is 5.69 Å². The van der Waals surface area contributed by atoms with E-state index < -0.39 is 5.91 Å². The van der Waals surface area contributed by atoms with E-state index in [9.17, 15) is 9.59 Å². The van der Waals surface area contributed by atoms with Crippen molar-refractivity contribution in [3.8, 4) is 5.75 Å². The predicted molar refractivity (Wildman–Crippen MR) is 72.5 cm³/mol. The molecule has 1 heterocycles. The summed E-state index contributed by atoms with van der Waals surface area (Å²) in [6, 6.07) is 8.23. The highest BCUT2D eigenvalue weighted by Gasteiger charge is 2.11. The number of aryl methyl sites for hydroxylation is 1. The minimum Gasteiger partial charge on any atom is -0.484 e. The fraction of sp³-hybridized carbons (Fsp3) is 0.143. The number of primary amides is 1. The quantitative estimate of drug-likeness (QED) is 0.867. The van der Waals surface area contributed by atoms with Crippen molar-refractivity contribution in [1.82, 2.24) is 0 Å². The van der Waals surface area contributed by atoms with E-state index in [-0.39, 0.29) is 12.5 Å². The van der Waals surface area contributed by atoms with Gasteiger partial charge in [0.2, 0.25) is 0 Å². The number of nitrogens with two attached hydrogens (primary N) is 1. The summed E-state index contributed by atoms with van der Waals surface area (Å²) in [6.07, 6.45) is 1.46. The van der Waals surface area contributed by atoms with Gasteiger partial charge in [0.1, 0.15) is 11.5 Å². The van der Waals surface area contributed by atoms with Crippen LogP contribution in [0.1, 0.15) is 16.1 Å². The van der Waals surface area contributed by atoms with Crippen molar-refractivity contribution in [2.45, 2.75) is 6.92 Å². The molecule has 2 aromatic rings. The highest BCUT2D eigenvalue weighted by atomic mass is 16.5. The first-order valence-corrected chi connectivity index (χ1v) is 5.93. The molecule has 0 saturated heterocycles. The summed E-state index contributed by atoms with van der Waals surface area (Å²) in [5.41, 5.74) is 6.07. The van der Waals surface area contributed by atoms with Gasteiger partial charge in [-0.1, -0.05) is 0 Å². The molecule has 0 aliphatic rings. The molecule has 0 fully saturated rings. The van der Waals surface area contributed by atoms with Crippen LogP contribution in [0.2, 0.25) is 0 Å². The monoisotopic (exact) mass is 274 g/mol. The Hall–Kier alpha value is -2.76. The van der Waals surface area contributed by atoms with E-state index in [0.717, 1.165) is 0 Å². The highest BCUT2D eigenvalue weighted by molar-refractivity contribution is 6.04. The highest BCUT2D eigenvalue weighted by Crippen LogP contribution is 2.17. The second kappa shape index (κ2) is 5.92. The third-order valence-corrected chi connectivity index (χ3v) is 2.60. The maximum absolute atomic E-state index is 11.9. The second-order valence-electron chi connectivity index (χ2n) is 4.12. The lowest BCUT2D eigenvalue weighted by Crippen LogP contribution is -2.20. The van der Waals surface area contributed by atoms with Crippen LogP contribution < -0.4 is 15.8 Å². The number of ether oxygens (including phenoxy) is 1. The zero-order chi connectivity index (χ0) is 14.5. The van der Waals surface area contributed by atoms with Gasteiger partial charge < -0.3 is 20.2 Å². The van der Waals surface area contributed by atoms with E-state index in [4.69, 9.17) is 14.9 Å². The lowest BCUT2D eigenvalue weighted by Gasteiger charge is -2.06. The first kappa shape index (κ1) is 13.7. The molecule has 0 spiro atoms. The van der Waals surface area contributed by atoms with Crippen LogP contribution in [0.15, 0.2) is 41.0 Å². The van der Waals surface area contributed by atoms with Crippen molar-refractivity contribution in [1.29, 1.82) is 0 Å². The third kappa shape index (κ3) is 3.38. The van der Waals surface area contributed by atoms with Crippen molar-refractivity contribution in [2.75, 3.05) is 11.9 Å². The second-order valence-corrected chi connectivity index (χ2v) is 4.12. The van der Waals surface area contributed by atoms with Gasteiger partial charge in [-0.2, -0.15) is 0 Å². The minimum absolute atomic E-state index is 0.181. The first-order valence-electron chi connectivity index (χ1n) is 5.93. The molecule has 0 bridgehead atoms. The zero-order valence-corrected chi connectivity index (χ0v) is 10.9. The van der Waals surface area contributed by atoms with Crippen molar-refractivity contribution in [2.24, 2.45) is 5.73 Å². The van der Waals surface area contributed by atoms with Gasteiger partial charge in [0.05, 0.1) is 11.8 Å². The van der Waals surface area contributed by atoms with Crippen LogP contribution in [0.3, 0.4) is 0 Å². The molecule has 0 unspecified atom stereocenters. The Balaban J connectivity index is 1.99. The Morgan fingerprint density at radius 3 is 2.50 bits per heavy atom. The van der Waals surface area contributed by atoms with Gasteiger partial charge in [0.15, 0.2) is 6.61 Å². The molecule has 6 heteroatoms. The van der Waals surface area contributed by atoms with Crippen LogP contribution in [0, 0.1) is 6.92 Å². The van der Waals surface area contributed by atoms with E-state index in [1.807, 2.05) is 0 Å². The summed E-state index contributed by atoms with van der Waals surface area (Å²) < 4.78 is 10.2. The normalized spacial score (nSPS) is 10.1. The standard InChI is InChI=1S/C14H14N2O4/c1-9-12(6-7-19-9)14(18)16-10-2-4-11(5-3-10)20-8-13(15)17/h2-7H,8H2,1H3,(H2,15,17)(H,16,18). The summed E-state index contributed by atoms with van der Waals surface area (Å²) in [5.74, 6) is 0.269. The number of amides is 2. The Morgan fingerprint density at radius 1 is 1.25 bits per heavy atom. The van der Waals surface area contributed by atoms with Gasteiger partial charge in [-0.15, -0.1) is 0 Å². The van der Waals surface area contributed by atoms with Crippen LogP contribution >= 0.6 is 0 Å². The fourth-order valence-corrected chi connectivity index (χ4v) is 1.61. The van der Waals surface area contributed by atoms with Crippen LogP contribution in [-0.2, 0) is 4.79 Å². The summed E-state index contributed by atoms with van der Waals surface area (Å²) in [6.45, 7) is 1.54. The van der Waals surface area contributed by atoms with Gasteiger partial charge in [-0.3, -0.25) is 9.59 Å². The van der Waals surface area contributed by atoms with Gasteiger partial charge in [0.25, 0.3) is 11.8 Å². The summed E-state index contributed by atoms with van der Waals surface area (Å²) >= 11 is 0. The number of anilines is 1. The first-order chi connectivity index (χ1) is 9.56. The summed E-state index contributed by atoms with van der Waals surface area (Å²) in [5, 5.41) is 2.73. The van der Waals surface area contributed by atoms with Gasteiger partial charge >= 0.3 is 0 Å². The van der Waals surface area contributed by atoms with Crippen molar-refractivity contribution >= 4 is 17.5 Å². The van der Waals surface area contributed by atoms with Crippen LogP contribution in [0.25, 0.3) is 0 Å². The smallest absolute Gasteiger partial charge is 0.259 e. The Morgan fingerprint density at radius 2 is 1.95 bits per heavy atom. The van der Waals surface area contributed by atoms with E-state index in [1.54, 1.807) is 37.3 Å². The van der Waals surface area contributed by atoms with Crippen molar-refractivity contribution < 1.29 is 18.7 Å². The fourth-order valence-electron chi connectivity index (χ4n) is 1.61. The number of benzene rings is 1. The third-order valence-electron chi connectivity index (χ3n) is 2.60. The number of hydrogen-bond acceptors (Lipinski definition) is 4. The number of nitrogens with one attached hydrogen (secondary N) is 1. The van der Waals surface area contributed by atoms with E-state index >= 15 is 0 Å². The number of furan rings is 1. The molecule has 0 saturated carbocycles. The molecule has 20 heavy (non-hydrogen) atoms. The molecule has 2 amide bonds. The summed E-state index contributed by atoms with van der Waals surface area (Å²) in [7, 11) is 0. The topological polar surface area (TPSA) is 94.6 Å². The Labute approximate surface area is 115 Å². The molecule has 1 aromatic carbocycles. The predicted octanol–water partition coefficient (Wildman–Crippen LogP) is 1.70. The molecule has 0 aliphatic carbocycles.